The molecule has 1 saturated carbocycles. The van der Waals surface area contributed by atoms with Gasteiger partial charge < -0.3 is 10.6 Å². The molecule has 1 fully saturated rings. The van der Waals surface area contributed by atoms with Crippen LogP contribution < -0.4 is 10.6 Å². The Kier molecular flexibility index (Phi) is 6.16. The molecular formula is C14H24N4S2. The Morgan fingerprint density at radius 2 is 2.40 bits per heavy atom. The fourth-order valence-electron chi connectivity index (χ4n) is 2.48. The quantitative estimate of drug-likeness (QED) is 0.648. The third-order valence-electron chi connectivity index (χ3n) is 3.58. The largest absolute Gasteiger partial charge is 0.356 e. The van der Waals surface area contributed by atoms with Crippen molar-refractivity contribution in [3.63, 3.8) is 0 Å². The zero-order valence-electron chi connectivity index (χ0n) is 12.5. The van der Waals surface area contributed by atoms with Gasteiger partial charge in [-0.2, -0.15) is 11.8 Å². The molecule has 1 aliphatic rings. The lowest BCUT2D eigenvalue weighted by Crippen LogP contribution is -2.43. The summed E-state index contributed by atoms with van der Waals surface area (Å²) in [7, 11) is 1.84. The number of thioether (sulfide) groups is 1. The van der Waals surface area contributed by atoms with Gasteiger partial charge in [0.1, 0.15) is 0 Å². The Morgan fingerprint density at radius 3 is 3.00 bits per heavy atom. The van der Waals surface area contributed by atoms with Crippen LogP contribution in [0, 0.1) is 6.92 Å². The van der Waals surface area contributed by atoms with Crippen molar-refractivity contribution in [3.8, 4) is 0 Å². The molecule has 0 aliphatic heterocycles. The highest BCUT2D eigenvalue weighted by atomic mass is 32.2. The summed E-state index contributed by atoms with van der Waals surface area (Å²) >= 11 is 3.75. The molecule has 2 N–H and O–H groups in total. The van der Waals surface area contributed by atoms with Crippen molar-refractivity contribution < 1.29 is 0 Å². The van der Waals surface area contributed by atoms with Crippen molar-refractivity contribution >= 4 is 29.1 Å². The van der Waals surface area contributed by atoms with Gasteiger partial charge in [0.15, 0.2) is 5.96 Å². The molecule has 1 aliphatic carbocycles. The molecule has 4 nitrogen and oxygen atoms in total. The summed E-state index contributed by atoms with van der Waals surface area (Å²) in [6, 6.07) is 0.570. The zero-order valence-corrected chi connectivity index (χ0v) is 14.1. The van der Waals surface area contributed by atoms with Crippen LogP contribution in [-0.4, -0.2) is 42.1 Å². The van der Waals surface area contributed by atoms with Crippen LogP contribution in [0.2, 0.25) is 0 Å². The molecule has 0 saturated heterocycles. The van der Waals surface area contributed by atoms with Crippen LogP contribution in [0.25, 0.3) is 0 Å². The highest BCUT2D eigenvalue weighted by molar-refractivity contribution is 7.99. The predicted molar refractivity (Wildman–Crippen MR) is 90.0 cm³/mol. The van der Waals surface area contributed by atoms with E-state index < -0.39 is 0 Å². The van der Waals surface area contributed by atoms with E-state index in [2.05, 4.69) is 33.8 Å². The highest BCUT2D eigenvalue weighted by Gasteiger charge is 2.24. The van der Waals surface area contributed by atoms with Gasteiger partial charge in [-0.25, -0.2) is 4.98 Å². The van der Waals surface area contributed by atoms with Gasteiger partial charge in [-0.1, -0.05) is 0 Å². The van der Waals surface area contributed by atoms with Crippen molar-refractivity contribution in [3.05, 3.63) is 16.1 Å². The fraction of sp³-hybridized carbons (Fsp3) is 0.714. The van der Waals surface area contributed by atoms with E-state index in [4.69, 9.17) is 0 Å². The molecule has 1 aromatic heterocycles. The van der Waals surface area contributed by atoms with E-state index >= 15 is 0 Å². The number of aliphatic imine (C=N–C) groups is 1. The van der Waals surface area contributed by atoms with E-state index in [-0.39, 0.29) is 0 Å². The number of aromatic nitrogens is 1. The topological polar surface area (TPSA) is 49.3 Å². The number of guanidine groups is 1. The van der Waals surface area contributed by atoms with Gasteiger partial charge in [0.25, 0.3) is 0 Å². The normalized spacial score (nSPS) is 23.1. The molecule has 0 aromatic carbocycles. The van der Waals surface area contributed by atoms with E-state index in [1.807, 2.05) is 25.0 Å². The van der Waals surface area contributed by atoms with Crippen molar-refractivity contribution in [1.29, 1.82) is 0 Å². The molecular weight excluding hydrogens is 288 g/mol. The molecule has 20 heavy (non-hydrogen) atoms. The number of hydrogen-bond donors (Lipinski definition) is 2. The van der Waals surface area contributed by atoms with Crippen LogP contribution >= 0.6 is 23.1 Å². The average molecular weight is 313 g/mol. The van der Waals surface area contributed by atoms with E-state index in [9.17, 15) is 0 Å². The van der Waals surface area contributed by atoms with E-state index in [1.165, 1.54) is 29.1 Å². The van der Waals surface area contributed by atoms with Crippen molar-refractivity contribution in [2.45, 2.75) is 43.9 Å². The standard InChI is InChI=1S/C14H24N4S2/c1-10-9-17-13(20-10)6-7-16-14(15-2)18-11-4-5-12(8-11)19-3/h9,11-12H,4-8H2,1-3H3,(H2,15,16,18). The molecule has 0 bridgehead atoms. The molecule has 6 heteroatoms. The summed E-state index contributed by atoms with van der Waals surface area (Å²) < 4.78 is 0. The number of nitrogens with one attached hydrogen (secondary N) is 2. The molecule has 1 heterocycles. The Hall–Kier alpha value is -0.750. The van der Waals surface area contributed by atoms with Gasteiger partial charge in [0.05, 0.1) is 5.01 Å². The van der Waals surface area contributed by atoms with Crippen molar-refractivity contribution in [2.24, 2.45) is 4.99 Å². The second kappa shape index (κ2) is 7.88. The molecule has 0 radical (unpaired) electrons. The highest BCUT2D eigenvalue weighted by Crippen LogP contribution is 2.27. The van der Waals surface area contributed by atoms with Gasteiger partial charge in [0, 0.05) is 42.4 Å². The summed E-state index contributed by atoms with van der Waals surface area (Å²) in [6.45, 7) is 2.97. The number of thiazole rings is 1. The minimum atomic E-state index is 0.570. The van der Waals surface area contributed by atoms with Crippen molar-refractivity contribution in [2.75, 3.05) is 19.8 Å². The lowest BCUT2D eigenvalue weighted by atomic mass is 10.2. The van der Waals surface area contributed by atoms with Crippen LogP contribution in [0.3, 0.4) is 0 Å². The third-order valence-corrected chi connectivity index (χ3v) is 5.65. The summed E-state index contributed by atoms with van der Waals surface area (Å²) in [5.74, 6) is 0.921. The predicted octanol–water partition coefficient (Wildman–Crippen LogP) is 2.44. The summed E-state index contributed by atoms with van der Waals surface area (Å²) in [5.41, 5.74) is 0. The maximum atomic E-state index is 4.38. The Morgan fingerprint density at radius 1 is 1.55 bits per heavy atom. The maximum absolute atomic E-state index is 4.38. The smallest absolute Gasteiger partial charge is 0.191 e. The van der Waals surface area contributed by atoms with Gasteiger partial charge >= 0.3 is 0 Å². The lowest BCUT2D eigenvalue weighted by Gasteiger charge is -2.17. The Balaban J connectivity index is 1.70. The molecule has 2 rings (SSSR count). The Labute approximate surface area is 129 Å². The molecule has 1 aromatic rings. The molecule has 2 atom stereocenters. The van der Waals surface area contributed by atoms with Crippen LogP contribution in [0.1, 0.15) is 29.1 Å². The first-order valence-electron chi connectivity index (χ1n) is 7.12. The van der Waals surface area contributed by atoms with Crippen LogP contribution in [-0.2, 0) is 6.42 Å². The lowest BCUT2D eigenvalue weighted by molar-refractivity contribution is 0.614. The first kappa shape index (κ1) is 15.6. The van der Waals surface area contributed by atoms with Gasteiger partial charge in [-0.05, 0) is 32.4 Å². The van der Waals surface area contributed by atoms with E-state index in [1.54, 1.807) is 11.3 Å². The van der Waals surface area contributed by atoms with Gasteiger partial charge in [-0.15, -0.1) is 11.3 Å². The first-order valence-corrected chi connectivity index (χ1v) is 9.23. The average Bonchev–Trinajstić information content (AvgIpc) is 3.06. The number of rotatable bonds is 5. The zero-order chi connectivity index (χ0) is 14.4. The number of aryl methyl sites for hydroxylation is 1. The minimum absolute atomic E-state index is 0.570. The third kappa shape index (κ3) is 4.66. The maximum Gasteiger partial charge on any atom is 0.191 e. The Bertz CT molecular complexity index is 444. The molecule has 0 amide bonds. The van der Waals surface area contributed by atoms with E-state index in [0.717, 1.165) is 24.2 Å². The summed E-state index contributed by atoms with van der Waals surface area (Å²) in [4.78, 5) is 9.96. The first-order chi connectivity index (χ1) is 9.71. The van der Waals surface area contributed by atoms with Gasteiger partial charge in [0.2, 0.25) is 0 Å². The SMILES string of the molecule is CN=C(NCCc1ncc(C)s1)NC1CCC(SC)C1. The van der Waals surface area contributed by atoms with Crippen LogP contribution in [0.5, 0.6) is 0 Å². The molecule has 112 valence electrons. The van der Waals surface area contributed by atoms with Crippen LogP contribution in [0.15, 0.2) is 11.2 Å². The number of hydrogen-bond acceptors (Lipinski definition) is 4. The monoisotopic (exact) mass is 312 g/mol. The van der Waals surface area contributed by atoms with Gasteiger partial charge in [-0.3, -0.25) is 4.99 Å². The molecule has 2 unspecified atom stereocenters. The molecule has 0 spiro atoms. The minimum Gasteiger partial charge on any atom is -0.356 e. The second-order valence-corrected chi connectivity index (χ2v) is 7.58. The number of nitrogens with zero attached hydrogens (tertiary/aromatic N) is 2. The van der Waals surface area contributed by atoms with Crippen molar-refractivity contribution in [1.82, 2.24) is 15.6 Å². The summed E-state index contributed by atoms with van der Waals surface area (Å²) in [5, 5.41) is 8.91. The van der Waals surface area contributed by atoms with Crippen LogP contribution in [0.4, 0.5) is 0 Å². The second-order valence-electron chi connectivity index (χ2n) is 5.13. The fourth-order valence-corrected chi connectivity index (χ4v) is 4.06. The van der Waals surface area contributed by atoms with E-state index in [0.29, 0.717) is 6.04 Å². The summed E-state index contributed by atoms with van der Waals surface area (Å²) in [6.07, 6.45) is 8.90.